The molecule has 0 atom stereocenters. The van der Waals surface area contributed by atoms with Gasteiger partial charge in [-0.2, -0.15) is 5.10 Å². The zero-order valence-electron chi connectivity index (χ0n) is 19.7. The van der Waals surface area contributed by atoms with E-state index in [4.69, 9.17) is 4.74 Å². The number of benzene rings is 3. The minimum absolute atomic E-state index is 0.198. The number of hydrogen-bond acceptors (Lipinski definition) is 5. The summed E-state index contributed by atoms with van der Waals surface area (Å²) in [4.78, 5) is 36.4. The quantitative estimate of drug-likeness (QED) is 0.252. The number of carbonyl (C=O) groups excluding carboxylic acids is 3. The lowest BCUT2D eigenvalue weighted by molar-refractivity contribution is -0.139. The summed E-state index contributed by atoms with van der Waals surface area (Å²) in [5.74, 6) is -1.57. The molecule has 3 amide bonds. The normalized spacial score (nSPS) is 10.6. The Morgan fingerprint density at radius 3 is 2.40 bits per heavy atom. The van der Waals surface area contributed by atoms with Crippen molar-refractivity contribution in [2.24, 2.45) is 5.10 Å². The number of anilines is 1. The third-order valence-corrected chi connectivity index (χ3v) is 5.10. The SMILES string of the molecule is CCc1ccccc1NC(=O)COc1ccccc1/C=N\NC(=O)C(=O)NCc1ccc(C)cc1. The lowest BCUT2D eigenvalue weighted by atomic mass is 10.1. The smallest absolute Gasteiger partial charge is 0.329 e. The first-order valence-electron chi connectivity index (χ1n) is 11.2. The van der Waals surface area contributed by atoms with Gasteiger partial charge in [-0.25, -0.2) is 5.43 Å². The summed E-state index contributed by atoms with van der Waals surface area (Å²) in [6, 6.07) is 22.1. The summed E-state index contributed by atoms with van der Waals surface area (Å²) in [6.07, 6.45) is 2.15. The van der Waals surface area contributed by atoms with E-state index in [1.165, 1.54) is 6.21 Å². The molecule has 8 nitrogen and oxygen atoms in total. The van der Waals surface area contributed by atoms with E-state index in [1.807, 2.05) is 62.4 Å². The first kappa shape index (κ1) is 25.2. The van der Waals surface area contributed by atoms with Crippen LogP contribution in [0.5, 0.6) is 5.75 Å². The maximum Gasteiger partial charge on any atom is 0.329 e. The second-order valence-corrected chi connectivity index (χ2v) is 7.75. The topological polar surface area (TPSA) is 109 Å². The Kier molecular flexibility index (Phi) is 9.13. The molecule has 0 aliphatic rings. The maximum absolute atomic E-state index is 12.4. The van der Waals surface area contributed by atoms with Gasteiger partial charge in [0.1, 0.15) is 5.75 Å². The van der Waals surface area contributed by atoms with Crippen LogP contribution in [0.25, 0.3) is 0 Å². The van der Waals surface area contributed by atoms with Crippen molar-refractivity contribution in [3.63, 3.8) is 0 Å². The van der Waals surface area contributed by atoms with Crippen molar-refractivity contribution in [2.45, 2.75) is 26.8 Å². The number of rotatable bonds is 9. The third-order valence-electron chi connectivity index (χ3n) is 5.10. The molecule has 0 heterocycles. The Morgan fingerprint density at radius 1 is 0.914 bits per heavy atom. The Bertz CT molecular complexity index is 1210. The molecule has 0 aliphatic heterocycles. The lowest BCUT2D eigenvalue weighted by Gasteiger charge is -2.11. The minimum atomic E-state index is -0.888. The Labute approximate surface area is 204 Å². The van der Waals surface area contributed by atoms with Crippen LogP contribution in [0.15, 0.2) is 77.9 Å². The van der Waals surface area contributed by atoms with Crippen LogP contribution >= 0.6 is 0 Å². The highest BCUT2D eigenvalue weighted by Gasteiger charge is 2.12. The van der Waals surface area contributed by atoms with Crippen LogP contribution in [0.2, 0.25) is 0 Å². The van der Waals surface area contributed by atoms with Crippen molar-refractivity contribution in [1.29, 1.82) is 0 Å². The molecule has 0 aliphatic carbocycles. The Hall–Kier alpha value is -4.46. The monoisotopic (exact) mass is 472 g/mol. The van der Waals surface area contributed by atoms with Crippen molar-refractivity contribution in [1.82, 2.24) is 10.7 Å². The standard InChI is InChI=1S/C27H28N4O4/c1-3-21-8-4-6-10-23(21)30-25(32)18-35-24-11-7-5-9-22(24)17-29-31-27(34)26(33)28-16-20-14-12-19(2)13-15-20/h4-15,17H,3,16,18H2,1-2H3,(H,28,33)(H,30,32)(H,31,34)/b29-17-. The van der Waals surface area contributed by atoms with Gasteiger partial charge in [-0.15, -0.1) is 0 Å². The molecule has 0 saturated carbocycles. The number of amides is 3. The van der Waals surface area contributed by atoms with Crippen molar-refractivity contribution in [3.05, 3.63) is 95.1 Å². The van der Waals surface area contributed by atoms with E-state index in [1.54, 1.807) is 24.3 Å². The molecule has 0 unspecified atom stereocenters. The largest absolute Gasteiger partial charge is 0.483 e. The second kappa shape index (κ2) is 12.7. The predicted molar refractivity (Wildman–Crippen MR) is 135 cm³/mol. The number of para-hydroxylation sites is 2. The maximum atomic E-state index is 12.4. The average molecular weight is 473 g/mol. The zero-order valence-corrected chi connectivity index (χ0v) is 19.7. The molecular formula is C27H28N4O4. The van der Waals surface area contributed by atoms with Gasteiger partial charge in [0.15, 0.2) is 6.61 Å². The number of nitrogens with one attached hydrogen (secondary N) is 3. The zero-order chi connectivity index (χ0) is 25.0. The van der Waals surface area contributed by atoms with Crippen LogP contribution in [-0.2, 0) is 27.3 Å². The van der Waals surface area contributed by atoms with Gasteiger partial charge in [0.2, 0.25) is 0 Å². The van der Waals surface area contributed by atoms with Crippen molar-refractivity contribution >= 4 is 29.6 Å². The Morgan fingerprint density at radius 2 is 1.63 bits per heavy atom. The first-order chi connectivity index (χ1) is 17.0. The summed E-state index contributed by atoms with van der Waals surface area (Å²) < 4.78 is 5.65. The molecule has 0 fully saturated rings. The van der Waals surface area contributed by atoms with Gasteiger partial charge in [-0.3, -0.25) is 14.4 Å². The fraction of sp³-hybridized carbons (Fsp3) is 0.185. The number of nitrogens with zero attached hydrogens (tertiary/aromatic N) is 1. The van der Waals surface area contributed by atoms with Crippen molar-refractivity contribution in [3.8, 4) is 5.75 Å². The third kappa shape index (κ3) is 7.82. The molecular weight excluding hydrogens is 444 g/mol. The molecule has 0 saturated heterocycles. The van der Waals surface area contributed by atoms with E-state index in [-0.39, 0.29) is 19.1 Å². The highest BCUT2D eigenvalue weighted by atomic mass is 16.5. The summed E-state index contributed by atoms with van der Waals surface area (Å²) in [6.45, 7) is 4.02. The Balaban J connectivity index is 1.50. The number of hydrazone groups is 1. The number of ether oxygens (including phenoxy) is 1. The molecule has 0 aromatic heterocycles. The summed E-state index contributed by atoms with van der Waals surface area (Å²) in [5.41, 5.74) is 6.51. The van der Waals surface area contributed by atoms with E-state index in [0.29, 0.717) is 11.3 Å². The predicted octanol–water partition coefficient (Wildman–Crippen LogP) is 3.34. The molecule has 180 valence electrons. The first-order valence-corrected chi connectivity index (χ1v) is 11.2. The molecule has 3 N–H and O–H groups in total. The van der Waals surface area contributed by atoms with E-state index in [2.05, 4.69) is 21.2 Å². The average Bonchev–Trinajstić information content (AvgIpc) is 2.87. The summed E-state index contributed by atoms with van der Waals surface area (Å²) >= 11 is 0. The highest BCUT2D eigenvalue weighted by molar-refractivity contribution is 6.35. The minimum Gasteiger partial charge on any atom is -0.483 e. The summed E-state index contributed by atoms with van der Waals surface area (Å²) in [7, 11) is 0. The van der Waals surface area contributed by atoms with Gasteiger partial charge in [-0.05, 0) is 42.7 Å². The molecule has 35 heavy (non-hydrogen) atoms. The van der Waals surface area contributed by atoms with Gasteiger partial charge < -0.3 is 15.4 Å². The van der Waals surface area contributed by atoms with Crippen LogP contribution in [0.3, 0.4) is 0 Å². The van der Waals surface area contributed by atoms with Gasteiger partial charge >= 0.3 is 11.8 Å². The van der Waals surface area contributed by atoms with Gasteiger partial charge in [0, 0.05) is 17.8 Å². The van der Waals surface area contributed by atoms with Crippen LogP contribution in [0, 0.1) is 6.92 Å². The fourth-order valence-corrected chi connectivity index (χ4v) is 3.18. The molecule has 3 aromatic carbocycles. The van der Waals surface area contributed by atoms with E-state index < -0.39 is 11.8 Å². The molecule has 0 spiro atoms. The summed E-state index contributed by atoms with van der Waals surface area (Å²) in [5, 5.41) is 9.24. The molecule has 0 radical (unpaired) electrons. The molecule has 0 bridgehead atoms. The molecule has 3 rings (SSSR count). The number of carbonyl (C=O) groups is 3. The van der Waals surface area contributed by atoms with E-state index in [9.17, 15) is 14.4 Å². The van der Waals surface area contributed by atoms with Gasteiger partial charge in [-0.1, -0.05) is 67.1 Å². The number of hydrogen-bond donors (Lipinski definition) is 3. The van der Waals surface area contributed by atoms with E-state index >= 15 is 0 Å². The lowest BCUT2D eigenvalue weighted by Crippen LogP contribution is -2.37. The van der Waals surface area contributed by atoms with Crippen molar-refractivity contribution in [2.75, 3.05) is 11.9 Å². The van der Waals surface area contributed by atoms with Crippen molar-refractivity contribution < 1.29 is 19.1 Å². The fourth-order valence-electron chi connectivity index (χ4n) is 3.18. The van der Waals surface area contributed by atoms with Gasteiger partial charge in [0.25, 0.3) is 5.91 Å². The van der Waals surface area contributed by atoms with Crippen LogP contribution in [-0.4, -0.2) is 30.5 Å². The van der Waals surface area contributed by atoms with Crippen LogP contribution in [0.4, 0.5) is 5.69 Å². The highest BCUT2D eigenvalue weighted by Crippen LogP contribution is 2.17. The molecule has 3 aromatic rings. The van der Waals surface area contributed by atoms with E-state index in [0.717, 1.165) is 28.8 Å². The second-order valence-electron chi connectivity index (χ2n) is 7.75. The van der Waals surface area contributed by atoms with Gasteiger partial charge in [0.05, 0.1) is 6.21 Å². The van der Waals surface area contributed by atoms with Crippen LogP contribution in [0.1, 0.15) is 29.2 Å². The van der Waals surface area contributed by atoms with Crippen LogP contribution < -0.4 is 20.8 Å². The number of aryl methyl sites for hydroxylation is 2. The molecule has 8 heteroatoms.